The van der Waals surface area contributed by atoms with Crippen LogP contribution in [0.5, 0.6) is 0 Å². The van der Waals surface area contributed by atoms with Gasteiger partial charge in [0, 0.05) is 23.7 Å². The van der Waals surface area contributed by atoms with Crippen LogP contribution in [0, 0.1) is 0 Å². The van der Waals surface area contributed by atoms with Gasteiger partial charge in [-0.2, -0.15) is 5.10 Å². The van der Waals surface area contributed by atoms with Crippen LogP contribution >= 0.6 is 0 Å². The van der Waals surface area contributed by atoms with Crippen LogP contribution in [0.2, 0.25) is 0 Å². The monoisotopic (exact) mass is 354 g/mol. The molecule has 2 aromatic rings. The maximum absolute atomic E-state index is 6.16. The van der Waals surface area contributed by atoms with E-state index in [0.717, 1.165) is 17.7 Å². The van der Waals surface area contributed by atoms with Gasteiger partial charge in [-0.3, -0.25) is 4.68 Å². The van der Waals surface area contributed by atoms with Crippen LogP contribution < -0.4 is 5.46 Å². The number of rotatable bonds is 3. The summed E-state index contributed by atoms with van der Waals surface area (Å²) in [5.41, 5.74) is 3.90. The number of hydrogen-bond acceptors (Lipinski definition) is 3. The van der Waals surface area contributed by atoms with Crippen LogP contribution in [0.25, 0.3) is 11.1 Å². The van der Waals surface area contributed by atoms with Gasteiger partial charge in [-0.25, -0.2) is 0 Å². The normalized spacial score (nSPS) is 19.2. The molecule has 1 aliphatic heterocycles. The quantitative estimate of drug-likeness (QED) is 0.777. The van der Waals surface area contributed by atoms with Crippen LogP contribution in [0.4, 0.5) is 0 Å². The summed E-state index contributed by atoms with van der Waals surface area (Å²) in [6.07, 6.45) is 2.14. The van der Waals surface area contributed by atoms with E-state index < -0.39 is 0 Å². The average Bonchev–Trinajstić information content (AvgIpc) is 3.06. The highest BCUT2D eigenvalue weighted by Gasteiger charge is 2.51. The molecule has 4 nitrogen and oxygen atoms in total. The van der Waals surface area contributed by atoms with Crippen molar-refractivity contribution in [3.8, 4) is 11.1 Å². The highest BCUT2D eigenvalue weighted by Crippen LogP contribution is 2.37. The molecular weight excluding hydrogens is 323 g/mol. The number of benzene rings is 1. The van der Waals surface area contributed by atoms with Crippen molar-refractivity contribution in [2.24, 2.45) is 0 Å². The van der Waals surface area contributed by atoms with Gasteiger partial charge in [0.2, 0.25) is 0 Å². The molecule has 1 saturated heterocycles. The molecule has 0 aliphatic carbocycles. The van der Waals surface area contributed by atoms with Crippen molar-refractivity contribution in [2.45, 2.75) is 78.6 Å². The summed E-state index contributed by atoms with van der Waals surface area (Å²) in [7, 11) is -0.325. The van der Waals surface area contributed by atoms with E-state index in [1.54, 1.807) is 0 Å². The molecule has 2 heterocycles. The van der Waals surface area contributed by atoms with Crippen molar-refractivity contribution in [1.29, 1.82) is 0 Å². The summed E-state index contributed by atoms with van der Waals surface area (Å²) in [4.78, 5) is 0. The topological polar surface area (TPSA) is 36.3 Å². The number of hydrogen-bond donors (Lipinski definition) is 0. The fourth-order valence-electron chi connectivity index (χ4n) is 3.15. The minimum Gasteiger partial charge on any atom is -0.399 e. The Balaban J connectivity index is 1.91. The van der Waals surface area contributed by atoms with Crippen LogP contribution in [0.3, 0.4) is 0 Å². The highest BCUT2D eigenvalue weighted by molar-refractivity contribution is 6.62. The fraction of sp³-hybridized carbons (Fsp3) is 0.571. The van der Waals surface area contributed by atoms with Crippen molar-refractivity contribution in [3.63, 3.8) is 0 Å². The van der Waals surface area contributed by atoms with Gasteiger partial charge in [0.25, 0.3) is 0 Å². The third-order valence-corrected chi connectivity index (χ3v) is 5.54. The molecule has 140 valence electrons. The second-order valence-corrected chi connectivity index (χ2v) is 9.21. The maximum Gasteiger partial charge on any atom is 0.494 e. The standard InChI is InChI=1S/C21H31BN2O2/c1-9-24-14-17(18(23-24)19(2,3)4)15-10-12-16(13-11-15)22-25-20(5,6)21(7,8)26-22/h10-14H,9H2,1-8H3. The molecule has 0 saturated carbocycles. The zero-order valence-corrected chi connectivity index (χ0v) is 17.4. The molecule has 0 spiro atoms. The van der Waals surface area contributed by atoms with Gasteiger partial charge in [-0.05, 0) is 45.6 Å². The van der Waals surface area contributed by atoms with Crippen LogP contribution in [-0.4, -0.2) is 28.1 Å². The number of aryl methyl sites for hydroxylation is 1. The predicted octanol–water partition coefficient (Wildman–Crippen LogP) is 4.17. The first-order valence-electron chi connectivity index (χ1n) is 9.48. The first kappa shape index (κ1) is 19.2. The first-order chi connectivity index (χ1) is 11.9. The smallest absolute Gasteiger partial charge is 0.399 e. The van der Waals surface area contributed by atoms with Crippen molar-refractivity contribution in [2.75, 3.05) is 0 Å². The van der Waals surface area contributed by atoms with E-state index in [4.69, 9.17) is 14.4 Å². The molecule has 1 fully saturated rings. The Morgan fingerprint density at radius 1 is 1.00 bits per heavy atom. The Morgan fingerprint density at radius 3 is 2.00 bits per heavy atom. The zero-order valence-electron chi connectivity index (χ0n) is 17.4. The second-order valence-electron chi connectivity index (χ2n) is 9.21. The molecule has 0 N–H and O–H groups in total. The molecule has 3 rings (SSSR count). The number of aromatic nitrogens is 2. The fourth-order valence-corrected chi connectivity index (χ4v) is 3.15. The lowest BCUT2D eigenvalue weighted by Crippen LogP contribution is -2.41. The molecular formula is C21H31BN2O2. The summed E-state index contributed by atoms with van der Waals surface area (Å²) in [6, 6.07) is 8.50. The Bertz CT molecular complexity index is 769. The van der Waals surface area contributed by atoms with Gasteiger partial charge in [-0.1, -0.05) is 45.0 Å². The Morgan fingerprint density at radius 2 is 1.54 bits per heavy atom. The number of nitrogens with zero attached hydrogens (tertiary/aromatic N) is 2. The van der Waals surface area contributed by atoms with Crippen LogP contribution in [-0.2, 0) is 21.3 Å². The summed E-state index contributed by atoms with van der Waals surface area (Å²) in [6.45, 7) is 17.9. The lowest BCUT2D eigenvalue weighted by molar-refractivity contribution is 0.00578. The van der Waals surface area contributed by atoms with Gasteiger partial charge < -0.3 is 9.31 Å². The van der Waals surface area contributed by atoms with Gasteiger partial charge in [0.1, 0.15) is 0 Å². The summed E-state index contributed by atoms with van der Waals surface area (Å²) < 4.78 is 14.3. The molecule has 0 bridgehead atoms. The van der Waals surface area contributed by atoms with Crippen molar-refractivity contribution in [3.05, 3.63) is 36.2 Å². The lowest BCUT2D eigenvalue weighted by Gasteiger charge is -2.32. The maximum atomic E-state index is 6.16. The molecule has 1 aromatic carbocycles. The largest absolute Gasteiger partial charge is 0.494 e. The molecule has 0 radical (unpaired) electrons. The molecule has 26 heavy (non-hydrogen) atoms. The molecule has 0 unspecified atom stereocenters. The highest BCUT2D eigenvalue weighted by atomic mass is 16.7. The van der Waals surface area contributed by atoms with E-state index in [-0.39, 0.29) is 23.7 Å². The molecule has 1 aromatic heterocycles. The van der Waals surface area contributed by atoms with Gasteiger partial charge >= 0.3 is 7.12 Å². The third kappa shape index (κ3) is 3.35. The van der Waals surface area contributed by atoms with Crippen molar-refractivity contribution < 1.29 is 9.31 Å². The Hall–Kier alpha value is -1.59. The Labute approximate surface area is 158 Å². The molecule has 0 atom stereocenters. The van der Waals surface area contributed by atoms with E-state index in [1.807, 2.05) is 4.68 Å². The van der Waals surface area contributed by atoms with Crippen LogP contribution in [0.15, 0.2) is 30.5 Å². The van der Waals surface area contributed by atoms with E-state index in [0.29, 0.717) is 0 Å². The van der Waals surface area contributed by atoms with Crippen molar-refractivity contribution in [1.82, 2.24) is 9.78 Å². The van der Waals surface area contributed by atoms with E-state index in [2.05, 4.69) is 85.9 Å². The second kappa shape index (κ2) is 6.24. The Kier molecular flexibility index (Phi) is 4.61. The summed E-state index contributed by atoms with van der Waals surface area (Å²) in [5, 5.41) is 4.78. The van der Waals surface area contributed by atoms with Crippen molar-refractivity contribution >= 4 is 12.6 Å². The first-order valence-corrected chi connectivity index (χ1v) is 9.48. The van der Waals surface area contributed by atoms with E-state index in [9.17, 15) is 0 Å². The van der Waals surface area contributed by atoms with E-state index in [1.165, 1.54) is 11.1 Å². The van der Waals surface area contributed by atoms with Crippen LogP contribution in [0.1, 0.15) is 61.1 Å². The summed E-state index contributed by atoms with van der Waals surface area (Å²) >= 11 is 0. The average molecular weight is 354 g/mol. The SMILES string of the molecule is CCn1cc(-c2ccc(B3OC(C)(C)C(C)(C)O3)cc2)c(C(C)(C)C)n1. The molecule has 5 heteroatoms. The van der Waals surface area contributed by atoms with Gasteiger partial charge in [0.05, 0.1) is 16.9 Å². The van der Waals surface area contributed by atoms with Gasteiger partial charge in [0.15, 0.2) is 0 Å². The zero-order chi connectivity index (χ0) is 19.3. The molecule has 0 amide bonds. The third-order valence-electron chi connectivity index (χ3n) is 5.54. The minimum absolute atomic E-state index is 0.000146. The molecule has 1 aliphatic rings. The minimum atomic E-state index is -0.325. The summed E-state index contributed by atoms with van der Waals surface area (Å²) in [5.74, 6) is 0. The van der Waals surface area contributed by atoms with E-state index >= 15 is 0 Å². The van der Waals surface area contributed by atoms with Gasteiger partial charge in [-0.15, -0.1) is 0 Å². The lowest BCUT2D eigenvalue weighted by atomic mass is 9.78. The predicted molar refractivity (Wildman–Crippen MR) is 108 cm³/mol.